The molecule has 1 heterocycles. The maximum Gasteiger partial charge on any atom is 0.0882 e. The van der Waals surface area contributed by atoms with Crippen molar-refractivity contribution in [3.63, 3.8) is 0 Å². The Hall–Kier alpha value is 0.650. The first-order valence-corrected chi connectivity index (χ1v) is 6.87. The van der Waals surface area contributed by atoms with Crippen molar-refractivity contribution in [1.29, 1.82) is 0 Å². The molecule has 2 nitrogen and oxygen atoms in total. The summed E-state index contributed by atoms with van der Waals surface area (Å²) in [4.78, 5) is 0. The molecule has 1 aliphatic heterocycles. The minimum Gasteiger partial charge on any atom is -0.375 e. The normalized spacial score (nSPS) is 24.0. The fourth-order valence-electron chi connectivity index (χ4n) is 1.71. The van der Waals surface area contributed by atoms with E-state index >= 15 is 0 Å². The Morgan fingerprint density at radius 2 is 1.93 bits per heavy atom. The van der Waals surface area contributed by atoms with Crippen molar-refractivity contribution in [2.24, 2.45) is 5.41 Å². The summed E-state index contributed by atoms with van der Waals surface area (Å²) in [6.07, 6.45) is 1.50. The first kappa shape index (κ1) is 13.7. The van der Waals surface area contributed by atoms with Crippen LogP contribution in [-0.4, -0.2) is 28.8 Å². The monoisotopic (exact) mass is 326 g/mol. The van der Waals surface area contributed by atoms with E-state index in [4.69, 9.17) is 9.47 Å². The summed E-state index contributed by atoms with van der Waals surface area (Å²) >= 11 is 2.45. The number of alkyl halides is 1. The number of hydrogen-bond donors (Lipinski definition) is 0. The van der Waals surface area contributed by atoms with Crippen molar-refractivity contribution in [1.82, 2.24) is 0 Å². The van der Waals surface area contributed by atoms with Crippen LogP contribution in [0.5, 0.6) is 0 Å². The summed E-state index contributed by atoms with van der Waals surface area (Å²) in [6, 6.07) is 0. The summed E-state index contributed by atoms with van der Waals surface area (Å²) < 4.78 is 12.0. The zero-order valence-electron chi connectivity index (χ0n) is 10.5. The molecule has 0 bridgehead atoms. The van der Waals surface area contributed by atoms with Crippen molar-refractivity contribution in [2.45, 2.75) is 56.7 Å². The van der Waals surface area contributed by atoms with E-state index in [-0.39, 0.29) is 11.0 Å². The average molecular weight is 326 g/mol. The minimum atomic E-state index is -0.0211. The fourth-order valence-corrected chi connectivity index (χ4v) is 2.77. The quantitative estimate of drug-likeness (QED) is 0.424. The van der Waals surface area contributed by atoms with Crippen LogP contribution >= 0.6 is 22.6 Å². The Labute approximate surface area is 107 Å². The molecule has 3 heteroatoms. The van der Waals surface area contributed by atoms with Crippen LogP contribution in [0.1, 0.15) is 41.0 Å². The highest BCUT2D eigenvalue weighted by molar-refractivity contribution is 14.1. The highest BCUT2D eigenvalue weighted by Crippen LogP contribution is 2.34. The largest absolute Gasteiger partial charge is 0.375 e. The third-order valence-electron chi connectivity index (χ3n) is 2.81. The lowest BCUT2D eigenvalue weighted by atomic mass is 9.90. The number of rotatable bonds is 6. The molecule has 0 aromatic carbocycles. The molecular weight excluding hydrogens is 303 g/mol. The van der Waals surface area contributed by atoms with E-state index in [0.717, 1.165) is 19.6 Å². The molecule has 0 amide bonds. The molecule has 0 N–H and O–H groups in total. The smallest absolute Gasteiger partial charge is 0.0882 e. The van der Waals surface area contributed by atoms with E-state index in [1.165, 1.54) is 0 Å². The number of ether oxygens (including phenoxy) is 2. The van der Waals surface area contributed by atoms with Gasteiger partial charge in [0.15, 0.2) is 0 Å². The van der Waals surface area contributed by atoms with Gasteiger partial charge in [0.1, 0.15) is 0 Å². The highest BCUT2D eigenvalue weighted by Gasteiger charge is 2.40. The van der Waals surface area contributed by atoms with Crippen LogP contribution in [0.4, 0.5) is 0 Å². The molecule has 90 valence electrons. The molecule has 0 saturated carbocycles. The maximum atomic E-state index is 6.02. The van der Waals surface area contributed by atoms with Crippen molar-refractivity contribution in [3.05, 3.63) is 0 Å². The van der Waals surface area contributed by atoms with Crippen LogP contribution < -0.4 is 0 Å². The zero-order chi connectivity index (χ0) is 11.7. The third kappa shape index (κ3) is 5.00. The van der Waals surface area contributed by atoms with Gasteiger partial charge >= 0.3 is 0 Å². The van der Waals surface area contributed by atoms with E-state index in [9.17, 15) is 0 Å². The van der Waals surface area contributed by atoms with E-state index in [0.29, 0.717) is 10.0 Å². The Balaban J connectivity index is 2.34. The Morgan fingerprint density at radius 1 is 1.40 bits per heavy atom. The van der Waals surface area contributed by atoms with Crippen LogP contribution in [0.15, 0.2) is 0 Å². The summed E-state index contributed by atoms with van der Waals surface area (Å²) in [5.74, 6) is 0. The van der Waals surface area contributed by atoms with Gasteiger partial charge in [-0.25, -0.2) is 0 Å². The number of halogens is 1. The second-order valence-corrected chi connectivity index (χ2v) is 7.97. The molecule has 0 spiro atoms. The van der Waals surface area contributed by atoms with Crippen molar-refractivity contribution >= 4 is 22.6 Å². The van der Waals surface area contributed by atoms with Crippen LogP contribution in [0.25, 0.3) is 0 Å². The molecule has 1 saturated heterocycles. The van der Waals surface area contributed by atoms with Crippen molar-refractivity contribution in [3.8, 4) is 0 Å². The Morgan fingerprint density at radius 3 is 2.33 bits per heavy atom. The van der Waals surface area contributed by atoms with Gasteiger partial charge in [0, 0.05) is 9.34 Å². The van der Waals surface area contributed by atoms with Gasteiger partial charge in [0.2, 0.25) is 0 Å². The molecule has 1 aliphatic rings. The molecule has 0 radical (unpaired) electrons. The van der Waals surface area contributed by atoms with Gasteiger partial charge in [-0.3, -0.25) is 0 Å². The van der Waals surface area contributed by atoms with Crippen LogP contribution in [0.2, 0.25) is 0 Å². The molecule has 1 rings (SSSR count). The molecule has 1 fully saturated rings. The minimum absolute atomic E-state index is 0.0211. The first-order valence-electron chi connectivity index (χ1n) is 5.63. The summed E-state index contributed by atoms with van der Waals surface area (Å²) in [5, 5.41) is 0. The predicted molar refractivity (Wildman–Crippen MR) is 71.7 cm³/mol. The first-order chi connectivity index (χ1) is 6.73. The lowest BCUT2D eigenvalue weighted by Gasteiger charge is -2.32. The summed E-state index contributed by atoms with van der Waals surface area (Å²) in [6.45, 7) is 12.7. The van der Waals surface area contributed by atoms with Gasteiger partial charge < -0.3 is 9.47 Å². The van der Waals surface area contributed by atoms with Crippen molar-refractivity contribution in [2.75, 3.05) is 13.2 Å². The van der Waals surface area contributed by atoms with Crippen LogP contribution in [0, 0.1) is 5.41 Å². The van der Waals surface area contributed by atoms with Gasteiger partial charge in [-0.1, -0.05) is 43.4 Å². The highest BCUT2D eigenvalue weighted by atomic mass is 127. The van der Waals surface area contributed by atoms with Gasteiger partial charge in [0.25, 0.3) is 0 Å². The van der Waals surface area contributed by atoms with E-state index in [2.05, 4.69) is 57.2 Å². The predicted octanol–water partition coefficient (Wildman–Crippen LogP) is 3.42. The zero-order valence-corrected chi connectivity index (χ0v) is 12.6. The lowest BCUT2D eigenvalue weighted by molar-refractivity contribution is -0.0636. The molecule has 0 aliphatic carbocycles. The summed E-state index contributed by atoms with van der Waals surface area (Å²) in [7, 11) is 0. The second-order valence-electron chi connectivity index (χ2n) is 5.84. The Kier molecular flexibility index (Phi) is 4.46. The molecule has 2 unspecified atom stereocenters. The van der Waals surface area contributed by atoms with Crippen molar-refractivity contribution < 1.29 is 9.47 Å². The lowest BCUT2D eigenvalue weighted by Crippen LogP contribution is -2.34. The molecular formula is C12H23IO2. The van der Waals surface area contributed by atoms with Gasteiger partial charge in [-0.15, -0.1) is 0 Å². The number of epoxide rings is 1. The standard InChI is InChI=1S/C12H23IO2/c1-9(13)6-12(4,5)15-8-11(2,3)10-7-14-10/h9-10H,6-8H2,1-5H3. The maximum absolute atomic E-state index is 6.02. The SMILES string of the molecule is CC(I)CC(C)(C)OCC(C)(C)C1CO1. The van der Waals surface area contributed by atoms with E-state index < -0.39 is 0 Å². The van der Waals surface area contributed by atoms with E-state index in [1.807, 2.05) is 0 Å². The molecule has 0 aromatic rings. The fraction of sp³-hybridized carbons (Fsp3) is 1.00. The topological polar surface area (TPSA) is 21.8 Å². The van der Waals surface area contributed by atoms with Crippen LogP contribution in [0.3, 0.4) is 0 Å². The number of hydrogen-bond acceptors (Lipinski definition) is 2. The summed E-state index contributed by atoms with van der Waals surface area (Å²) in [5.41, 5.74) is 0.137. The van der Waals surface area contributed by atoms with Crippen LogP contribution in [-0.2, 0) is 9.47 Å². The molecule has 2 atom stereocenters. The molecule has 0 aromatic heterocycles. The third-order valence-corrected chi connectivity index (χ3v) is 3.25. The van der Waals surface area contributed by atoms with Gasteiger partial charge in [-0.2, -0.15) is 0 Å². The average Bonchev–Trinajstić information content (AvgIpc) is 2.80. The Bertz CT molecular complexity index is 208. The van der Waals surface area contributed by atoms with E-state index in [1.54, 1.807) is 0 Å². The molecule has 15 heavy (non-hydrogen) atoms. The van der Waals surface area contributed by atoms with Gasteiger partial charge in [0.05, 0.1) is 24.9 Å². The second kappa shape index (κ2) is 4.88. The van der Waals surface area contributed by atoms with Gasteiger partial charge in [-0.05, 0) is 20.3 Å².